The summed E-state index contributed by atoms with van der Waals surface area (Å²) in [5.41, 5.74) is 1.54. The second kappa shape index (κ2) is 9.14. The Bertz CT molecular complexity index is 773. The molecule has 7 heteroatoms. The molecule has 1 aromatic heterocycles. The summed E-state index contributed by atoms with van der Waals surface area (Å²) in [7, 11) is 0. The van der Waals surface area contributed by atoms with Crippen LogP contribution in [0.15, 0.2) is 48.7 Å². The molecule has 27 heavy (non-hydrogen) atoms. The Labute approximate surface area is 158 Å². The number of likely N-dealkylation sites (N-methyl/N-ethyl adjacent to an activating group) is 1. The number of aromatic nitrogens is 2. The zero-order valence-electron chi connectivity index (χ0n) is 15.4. The van der Waals surface area contributed by atoms with Gasteiger partial charge in [0.05, 0.1) is 6.04 Å². The van der Waals surface area contributed by atoms with Gasteiger partial charge >= 0.3 is 0 Å². The molecular weight excluding hydrogens is 342 g/mol. The average molecular weight is 367 g/mol. The number of carbonyl (C=O) groups is 2. The third kappa shape index (κ3) is 5.04. The van der Waals surface area contributed by atoms with Gasteiger partial charge in [-0.25, -0.2) is 0 Å². The first kappa shape index (κ1) is 18.8. The molecule has 3 rings (SSSR count). The van der Waals surface area contributed by atoms with E-state index in [2.05, 4.69) is 31.8 Å². The smallest absolute Gasteiger partial charge is 0.269 e. The molecule has 2 amide bonds. The van der Waals surface area contributed by atoms with E-state index in [9.17, 15) is 9.59 Å². The molecule has 2 aromatic rings. The van der Waals surface area contributed by atoms with E-state index in [-0.39, 0.29) is 23.9 Å². The molecule has 3 N–H and O–H groups in total. The number of rotatable bonds is 7. The van der Waals surface area contributed by atoms with E-state index in [1.54, 1.807) is 12.3 Å². The summed E-state index contributed by atoms with van der Waals surface area (Å²) in [6, 6.07) is 11.3. The van der Waals surface area contributed by atoms with E-state index in [1.165, 1.54) is 0 Å². The van der Waals surface area contributed by atoms with Gasteiger partial charge in [0.25, 0.3) is 5.91 Å². The van der Waals surface area contributed by atoms with Crippen molar-refractivity contribution in [3.05, 3.63) is 59.9 Å². The van der Waals surface area contributed by atoms with Gasteiger partial charge in [0.2, 0.25) is 5.91 Å². The van der Waals surface area contributed by atoms with E-state index >= 15 is 0 Å². The Morgan fingerprint density at radius 1 is 1.30 bits per heavy atom. The van der Waals surface area contributed by atoms with Crippen molar-refractivity contribution in [3.8, 4) is 0 Å². The van der Waals surface area contributed by atoms with Crippen LogP contribution in [0.4, 0.5) is 0 Å². The highest BCUT2D eigenvalue weighted by molar-refractivity contribution is 5.92. The van der Waals surface area contributed by atoms with Crippen molar-refractivity contribution < 1.29 is 9.59 Å². The Morgan fingerprint density at radius 2 is 2.11 bits per heavy atom. The molecule has 2 heterocycles. The highest BCUT2D eigenvalue weighted by Crippen LogP contribution is 2.19. The molecule has 0 unspecified atom stereocenters. The van der Waals surface area contributed by atoms with Gasteiger partial charge in [-0.3, -0.25) is 19.6 Å². The summed E-state index contributed by atoms with van der Waals surface area (Å²) in [5, 5.41) is 12.3. The fraction of sp³-hybridized carbons (Fsp3) is 0.350. The van der Waals surface area contributed by atoms with Gasteiger partial charge in [-0.2, -0.15) is 5.10 Å². The number of H-pyrrole nitrogens is 1. The molecule has 1 aliphatic heterocycles. The topological polar surface area (TPSA) is 90.1 Å². The van der Waals surface area contributed by atoms with Crippen molar-refractivity contribution in [2.24, 2.45) is 0 Å². The summed E-state index contributed by atoms with van der Waals surface area (Å²) in [6.45, 7) is 3.77. The number of hydrogen-bond donors (Lipinski definition) is 3. The van der Waals surface area contributed by atoms with Crippen LogP contribution in [0.1, 0.15) is 29.4 Å². The Kier molecular flexibility index (Phi) is 6.38. The number of likely N-dealkylation sites (tertiary alicyclic amines) is 1. The first-order valence-electron chi connectivity index (χ1n) is 9.21. The van der Waals surface area contributed by atoms with Crippen LogP contribution < -0.4 is 10.6 Å². The number of nitrogens with zero attached hydrogens (tertiary/aromatic N) is 2. The van der Waals surface area contributed by atoms with Crippen LogP contribution in [0.3, 0.4) is 0 Å². The first-order chi connectivity index (χ1) is 13.2. The molecule has 0 saturated carbocycles. The molecule has 1 aliphatic rings. The van der Waals surface area contributed by atoms with E-state index in [0.717, 1.165) is 5.56 Å². The van der Waals surface area contributed by atoms with Crippen LogP contribution in [0, 0.1) is 0 Å². The number of amides is 2. The van der Waals surface area contributed by atoms with Crippen LogP contribution in [-0.2, 0) is 4.79 Å². The molecule has 1 fully saturated rings. The SMILES string of the molecule is CCNC(=O)[C@@H]1C[C@H](NC(=O)c2ccn[nH]2)CN1CC=Cc1ccccc1. The maximum Gasteiger partial charge on any atom is 0.269 e. The summed E-state index contributed by atoms with van der Waals surface area (Å²) in [4.78, 5) is 26.8. The van der Waals surface area contributed by atoms with Crippen molar-refractivity contribution >= 4 is 17.9 Å². The lowest BCUT2D eigenvalue weighted by atomic mass is 10.1. The summed E-state index contributed by atoms with van der Waals surface area (Å²) >= 11 is 0. The predicted octanol–water partition coefficient (Wildman–Crippen LogP) is 1.43. The van der Waals surface area contributed by atoms with Crippen molar-refractivity contribution in [2.75, 3.05) is 19.6 Å². The van der Waals surface area contributed by atoms with Gasteiger partial charge in [-0.1, -0.05) is 42.5 Å². The zero-order valence-corrected chi connectivity index (χ0v) is 15.4. The average Bonchev–Trinajstić information content (AvgIpc) is 3.33. The second-order valence-electron chi connectivity index (χ2n) is 6.55. The van der Waals surface area contributed by atoms with Crippen LogP contribution in [0.5, 0.6) is 0 Å². The van der Waals surface area contributed by atoms with Crippen LogP contribution in [0.25, 0.3) is 6.08 Å². The quantitative estimate of drug-likeness (QED) is 0.691. The summed E-state index contributed by atoms with van der Waals surface area (Å²) < 4.78 is 0. The third-order valence-electron chi connectivity index (χ3n) is 4.59. The third-order valence-corrected chi connectivity index (χ3v) is 4.59. The predicted molar refractivity (Wildman–Crippen MR) is 104 cm³/mol. The van der Waals surface area contributed by atoms with Gasteiger partial charge in [0.1, 0.15) is 5.69 Å². The number of hydrogen-bond acceptors (Lipinski definition) is 4. The van der Waals surface area contributed by atoms with Crippen LogP contribution in [-0.4, -0.2) is 58.6 Å². The minimum Gasteiger partial charge on any atom is -0.355 e. The lowest BCUT2D eigenvalue weighted by Gasteiger charge is -2.21. The summed E-state index contributed by atoms with van der Waals surface area (Å²) in [5.74, 6) is -0.197. The van der Waals surface area contributed by atoms with Gasteiger partial charge in [-0.05, 0) is 25.0 Å². The number of benzene rings is 1. The van der Waals surface area contributed by atoms with E-state index < -0.39 is 0 Å². The molecule has 7 nitrogen and oxygen atoms in total. The largest absolute Gasteiger partial charge is 0.355 e. The van der Waals surface area contributed by atoms with Gasteiger partial charge < -0.3 is 10.6 Å². The van der Waals surface area contributed by atoms with Crippen LogP contribution in [0.2, 0.25) is 0 Å². The normalized spacial score (nSPS) is 20.0. The van der Waals surface area contributed by atoms with Gasteiger partial charge in [0, 0.05) is 31.9 Å². The minimum absolute atomic E-state index is 0.00361. The summed E-state index contributed by atoms with van der Waals surface area (Å²) in [6.07, 6.45) is 6.23. The molecule has 0 radical (unpaired) electrons. The maximum absolute atomic E-state index is 12.4. The zero-order chi connectivity index (χ0) is 19.1. The Morgan fingerprint density at radius 3 is 2.81 bits per heavy atom. The van der Waals surface area contributed by atoms with Crippen LogP contribution >= 0.6 is 0 Å². The molecule has 1 saturated heterocycles. The molecule has 142 valence electrons. The first-order valence-corrected chi connectivity index (χ1v) is 9.21. The fourth-order valence-electron chi connectivity index (χ4n) is 3.31. The molecular formula is C20H25N5O2. The standard InChI is InChI=1S/C20H25N5O2/c1-2-21-20(27)18-13-16(23-19(26)17-10-11-22-24-17)14-25(18)12-6-9-15-7-4-3-5-8-15/h3-11,16,18H,2,12-14H2,1H3,(H,21,27)(H,22,24)(H,23,26)/t16-,18-/m0/s1. The lowest BCUT2D eigenvalue weighted by molar-refractivity contribution is -0.125. The Hall–Kier alpha value is -2.93. The van der Waals surface area contributed by atoms with Crippen molar-refractivity contribution in [1.82, 2.24) is 25.7 Å². The van der Waals surface area contributed by atoms with E-state index in [4.69, 9.17) is 0 Å². The molecule has 2 atom stereocenters. The number of carbonyl (C=O) groups excluding carboxylic acids is 2. The monoisotopic (exact) mass is 367 g/mol. The second-order valence-corrected chi connectivity index (χ2v) is 6.55. The number of nitrogens with one attached hydrogen (secondary N) is 3. The molecule has 0 spiro atoms. The lowest BCUT2D eigenvalue weighted by Crippen LogP contribution is -2.43. The maximum atomic E-state index is 12.4. The Balaban J connectivity index is 1.63. The van der Waals surface area contributed by atoms with Gasteiger partial charge in [0.15, 0.2) is 0 Å². The van der Waals surface area contributed by atoms with Crippen molar-refractivity contribution in [3.63, 3.8) is 0 Å². The van der Waals surface area contributed by atoms with E-state index in [0.29, 0.717) is 31.7 Å². The van der Waals surface area contributed by atoms with Gasteiger partial charge in [-0.15, -0.1) is 0 Å². The molecule has 1 aromatic carbocycles. The molecule has 0 bridgehead atoms. The highest BCUT2D eigenvalue weighted by Gasteiger charge is 2.36. The van der Waals surface area contributed by atoms with Crippen molar-refractivity contribution in [1.29, 1.82) is 0 Å². The van der Waals surface area contributed by atoms with Crippen molar-refractivity contribution in [2.45, 2.75) is 25.4 Å². The minimum atomic E-state index is -0.252. The molecule has 0 aliphatic carbocycles. The van der Waals surface area contributed by atoms with E-state index in [1.807, 2.05) is 43.3 Å². The fourth-order valence-corrected chi connectivity index (χ4v) is 3.31. The number of aromatic amines is 1. The highest BCUT2D eigenvalue weighted by atomic mass is 16.2.